The molecule has 0 bridgehead atoms. The minimum Gasteiger partial charge on any atom is -0.301 e. The highest BCUT2D eigenvalue weighted by molar-refractivity contribution is 7.98. The Morgan fingerprint density at radius 1 is 1.14 bits per heavy atom. The first kappa shape index (κ1) is 18.1. The summed E-state index contributed by atoms with van der Waals surface area (Å²) < 4.78 is 0. The SMILES string of the molecule is Cc1ccc(-c2nc(CSc3nc4sc5c(c4c(=O)[nH]3)CCCC5)cs2)cc1. The predicted octanol–water partition coefficient (Wildman–Crippen LogP) is 5.59. The van der Waals surface area contributed by atoms with E-state index in [1.807, 2.05) is 0 Å². The molecule has 142 valence electrons. The fourth-order valence-corrected chi connectivity index (χ4v) is 6.56. The molecule has 4 nitrogen and oxygen atoms in total. The molecule has 0 fully saturated rings. The number of hydrogen-bond acceptors (Lipinski definition) is 6. The maximum Gasteiger partial charge on any atom is 0.260 e. The minimum absolute atomic E-state index is 0.00511. The molecule has 4 aromatic rings. The molecule has 0 unspecified atom stereocenters. The lowest BCUT2D eigenvalue weighted by Gasteiger charge is -2.09. The number of hydrogen-bond donors (Lipinski definition) is 1. The summed E-state index contributed by atoms with van der Waals surface area (Å²) in [6.45, 7) is 2.09. The normalized spacial score (nSPS) is 13.8. The van der Waals surface area contributed by atoms with Crippen molar-refractivity contribution in [1.29, 1.82) is 0 Å². The van der Waals surface area contributed by atoms with Crippen LogP contribution in [0.3, 0.4) is 0 Å². The van der Waals surface area contributed by atoms with Crippen molar-refractivity contribution < 1.29 is 0 Å². The fraction of sp³-hybridized carbons (Fsp3) is 0.286. The van der Waals surface area contributed by atoms with E-state index < -0.39 is 0 Å². The Morgan fingerprint density at radius 3 is 2.82 bits per heavy atom. The van der Waals surface area contributed by atoms with Crippen molar-refractivity contribution in [3.05, 3.63) is 61.7 Å². The number of H-pyrrole nitrogens is 1. The molecular weight excluding hydrogens is 406 g/mol. The highest BCUT2D eigenvalue weighted by Crippen LogP contribution is 2.34. The van der Waals surface area contributed by atoms with Crippen molar-refractivity contribution in [2.45, 2.75) is 43.5 Å². The number of nitrogens with one attached hydrogen (secondary N) is 1. The standard InChI is InChI=1S/C21H19N3OS3/c1-12-6-8-13(9-7-12)19-22-14(10-26-19)11-27-21-23-18(25)17-15-4-2-3-5-16(15)28-20(17)24-21/h6-10H,2-5,11H2,1H3,(H,23,24,25). The van der Waals surface area contributed by atoms with Crippen molar-refractivity contribution in [3.63, 3.8) is 0 Å². The van der Waals surface area contributed by atoms with Crippen molar-refractivity contribution in [1.82, 2.24) is 15.0 Å². The van der Waals surface area contributed by atoms with Gasteiger partial charge in [-0.1, -0.05) is 41.6 Å². The van der Waals surface area contributed by atoms with E-state index in [1.165, 1.54) is 28.8 Å². The van der Waals surface area contributed by atoms with Gasteiger partial charge in [0.25, 0.3) is 5.56 Å². The zero-order valence-corrected chi connectivity index (χ0v) is 17.9. The van der Waals surface area contributed by atoms with E-state index >= 15 is 0 Å². The summed E-state index contributed by atoms with van der Waals surface area (Å²) in [7, 11) is 0. The maximum absolute atomic E-state index is 12.6. The van der Waals surface area contributed by atoms with Crippen LogP contribution in [0.4, 0.5) is 0 Å². The second kappa shape index (κ2) is 7.46. The van der Waals surface area contributed by atoms with Gasteiger partial charge < -0.3 is 4.98 Å². The molecule has 0 spiro atoms. The highest BCUT2D eigenvalue weighted by atomic mass is 32.2. The van der Waals surface area contributed by atoms with Gasteiger partial charge in [0, 0.05) is 21.6 Å². The molecule has 1 aliphatic rings. The molecule has 0 saturated heterocycles. The Hall–Kier alpha value is -1.96. The van der Waals surface area contributed by atoms with Crippen LogP contribution in [-0.4, -0.2) is 15.0 Å². The number of thiophene rings is 1. The van der Waals surface area contributed by atoms with E-state index in [4.69, 9.17) is 9.97 Å². The van der Waals surface area contributed by atoms with Gasteiger partial charge >= 0.3 is 0 Å². The van der Waals surface area contributed by atoms with Gasteiger partial charge in [-0.05, 0) is 38.2 Å². The number of thioether (sulfide) groups is 1. The second-order valence-electron chi connectivity index (χ2n) is 7.06. The Balaban J connectivity index is 1.36. The minimum atomic E-state index is 0.00511. The number of benzene rings is 1. The third-order valence-corrected chi connectivity index (χ3v) is 8.04. The van der Waals surface area contributed by atoms with Gasteiger partial charge in [-0.3, -0.25) is 4.79 Å². The van der Waals surface area contributed by atoms with Crippen LogP contribution in [0.15, 0.2) is 39.6 Å². The number of aromatic amines is 1. The molecule has 0 atom stereocenters. The molecular formula is C21H19N3OS3. The topological polar surface area (TPSA) is 58.6 Å². The molecule has 0 saturated carbocycles. The first-order chi connectivity index (χ1) is 13.7. The van der Waals surface area contributed by atoms with Crippen LogP contribution in [0.2, 0.25) is 0 Å². The second-order valence-corrected chi connectivity index (χ2v) is 9.97. The van der Waals surface area contributed by atoms with Gasteiger partial charge in [0.15, 0.2) is 5.16 Å². The van der Waals surface area contributed by atoms with Crippen LogP contribution in [0.25, 0.3) is 20.8 Å². The number of thiazole rings is 1. The number of aromatic nitrogens is 3. The van der Waals surface area contributed by atoms with Crippen LogP contribution in [0, 0.1) is 6.92 Å². The van der Waals surface area contributed by atoms with E-state index in [0.717, 1.165) is 39.3 Å². The van der Waals surface area contributed by atoms with E-state index in [-0.39, 0.29) is 5.56 Å². The molecule has 1 aromatic carbocycles. The lowest BCUT2D eigenvalue weighted by atomic mass is 9.97. The van der Waals surface area contributed by atoms with Crippen LogP contribution in [0.1, 0.15) is 34.5 Å². The summed E-state index contributed by atoms with van der Waals surface area (Å²) in [4.78, 5) is 27.3. The van der Waals surface area contributed by atoms with E-state index in [2.05, 4.69) is 41.6 Å². The quantitative estimate of drug-likeness (QED) is 0.342. The summed E-state index contributed by atoms with van der Waals surface area (Å²) in [5.41, 5.74) is 4.64. The Kier molecular flexibility index (Phi) is 4.82. The summed E-state index contributed by atoms with van der Waals surface area (Å²) in [6.07, 6.45) is 4.47. The van der Waals surface area contributed by atoms with Gasteiger partial charge in [0.1, 0.15) is 9.84 Å². The molecule has 5 rings (SSSR count). The summed E-state index contributed by atoms with van der Waals surface area (Å²) in [5.74, 6) is 0.696. The van der Waals surface area contributed by atoms with Gasteiger partial charge in [-0.25, -0.2) is 9.97 Å². The number of rotatable bonds is 4. The third kappa shape index (κ3) is 3.43. The summed E-state index contributed by atoms with van der Waals surface area (Å²) in [6, 6.07) is 8.43. The molecule has 0 aliphatic heterocycles. The molecule has 3 aromatic heterocycles. The van der Waals surface area contributed by atoms with Gasteiger partial charge in [0.2, 0.25) is 0 Å². The van der Waals surface area contributed by atoms with Gasteiger partial charge in [0.05, 0.1) is 11.1 Å². The molecule has 28 heavy (non-hydrogen) atoms. The Morgan fingerprint density at radius 2 is 1.96 bits per heavy atom. The monoisotopic (exact) mass is 425 g/mol. The van der Waals surface area contributed by atoms with Crippen molar-refractivity contribution in [3.8, 4) is 10.6 Å². The largest absolute Gasteiger partial charge is 0.301 e. The summed E-state index contributed by atoms with van der Waals surface area (Å²) >= 11 is 4.89. The lowest BCUT2D eigenvalue weighted by Crippen LogP contribution is -2.10. The highest BCUT2D eigenvalue weighted by Gasteiger charge is 2.20. The number of fused-ring (bicyclic) bond motifs is 3. The maximum atomic E-state index is 12.6. The zero-order chi connectivity index (χ0) is 19.1. The molecule has 0 amide bonds. The van der Waals surface area contributed by atoms with Gasteiger partial charge in [-0.2, -0.15) is 0 Å². The van der Waals surface area contributed by atoms with Crippen molar-refractivity contribution >= 4 is 44.7 Å². The van der Waals surface area contributed by atoms with E-state index in [9.17, 15) is 4.79 Å². The average Bonchev–Trinajstić information content (AvgIpc) is 3.31. The van der Waals surface area contributed by atoms with Crippen molar-refractivity contribution in [2.75, 3.05) is 0 Å². The van der Waals surface area contributed by atoms with Crippen LogP contribution < -0.4 is 5.56 Å². The third-order valence-electron chi connectivity index (χ3n) is 5.01. The van der Waals surface area contributed by atoms with Gasteiger partial charge in [-0.15, -0.1) is 22.7 Å². The molecule has 3 heterocycles. The average molecular weight is 426 g/mol. The molecule has 1 N–H and O–H groups in total. The van der Waals surface area contributed by atoms with E-state index in [0.29, 0.717) is 10.9 Å². The summed E-state index contributed by atoms with van der Waals surface area (Å²) in [5, 5.41) is 4.61. The lowest BCUT2D eigenvalue weighted by molar-refractivity contribution is 0.700. The molecule has 1 aliphatic carbocycles. The number of nitrogens with zero attached hydrogens (tertiary/aromatic N) is 2. The van der Waals surface area contributed by atoms with Crippen LogP contribution >= 0.6 is 34.4 Å². The first-order valence-electron chi connectivity index (χ1n) is 9.36. The zero-order valence-electron chi connectivity index (χ0n) is 15.4. The van der Waals surface area contributed by atoms with E-state index in [1.54, 1.807) is 34.4 Å². The Bertz CT molecular complexity index is 1200. The first-order valence-corrected chi connectivity index (χ1v) is 12.0. The Labute approximate surface area is 175 Å². The fourth-order valence-electron chi connectivity index (χ4n) is 3.56. The molecule has 7 heteroatoms. The molecule has 0 radical (unpaired) electrons. The smallest absolute Gasteiger partial charge is 0.260 e. The predicted molar refractivity (Wildman–Crippen MR) is 119 cm³/mol. The van der Waals surface area contributed by atoms with Crippen LogP contribution in [-0.2, 0) is 18.6 Å². The number of aryl methyl sites for hydroxylation is 3. The van der Waals surface area contributed by atoms with Crippen LogP contribution in [0.5, 0.6) is 0 Å². The van der Waals surface area contributed by atoms with Crippen molar-refractivity contribution in [2.24, 2.45) is 0 Å².